The highest BCUT2D eigenvalue weighted by Crippen LogP contribution is 2.19. The van der Waals surface area contributed by atoms with Crippen molar-refractivity contribution in [1.82, 2.24) is 23.9 Å². The SMILES string of the molecule is CCc1cc2cccc(C#Cc3cccnc3)c2c(=O)n1-c1ccccc1.NC(=O)c1c(N)ncn2ccnc12. The van der Waals surface area contributed by atoms with Crippen LogP contribution in [0.15, 0.2) is 103 Å². The average Bonchev–Trinajstić information content (AvgIpc) is 3.45. The van der Waals surface area contributed by atoms with E-state index in [1.54, 1.807) is 33.8 Å². The van der Waals surface area contributed by atoms with E-state index in [2.05, 4.69) is 39.8 Å². The summed E-state index contributed by atoms with van der Waals surface area (Å²) in [5, 5.41) is 1.57. The van der Waals surface area contributed by atoms with Crippen LogP contribution in [-0.4, -0.2) is 29.8 Å². The van der Waals surface area contributed by atoms with Gasteiger partial charge in [-0.05, 0) is 48.2 Å². The Balaban J connectivity index is 0.000000207. The van der Waals surface area contributed by atoms with E-state index in [1.807, 2.05) is 60.7 Å². The van der Waals surface area contributed by atoms with Crippen molar-refractivity contribution in [2.45, 2.75) is 13.3 Å². The van der Waals surface area contributed by atoms with Crippen molar-refractivity contribution in [3.8, 4) is 17.5 Å². The van der Waals surface area contributed by atoms with Crippen molar-refractivity contribution in [3.63, 3.8) is 0 Å². The molecule has 0 fully saturated rings. The molecule has 0 atom stereocenters. The first-order valence-electron chi connectivity index (χ1n) is 12.5. The maximum absolute atomic E-state index is 13.4. The molecule has 40 heavy (non-hydrogen) atoms. The summed E-state index contributed by atoms with van der Waals surface area (Å²) in [5.74, 6) is 5.74. The quantitative estimate of drug-likeness (QED) is 0.337. The van der Waals surface area contributed by atoms with Crippen molar-refractivity contribution in [3.05, 3.63) is 131 Å². The van der Waals surface area contributed by atoms with Crippen LogP contribution in [0.5, 0.6) is 0 Å². The molecule has 0 aliphatic rings. The van der Waals surface area contributed by atoms with Gasteiger partial charge in [0.1, 0.15) is 17.7 Å². The number of aryl methyl sites for hydroxylation is 1. The molecule has 6 aromatic rings. The Morgan fingerprint density at radius 2 is 1.80 bits per heavy atom. The molecule has 0 aliphatic carbocycles. The summed E-state index contributed by atoms with van der Waals surface area (Å²) >= 11 is 0. The summed E-state index contributed by atoms with van der Waals surface area (Å²) in [4.78, 5) is 36.2. The first kappa shape index (κ1) is 25.9. The van der Waals surface area contributed by atoms with E-state index in [1.165, 1.54) is 6.33 Å². The van der Waals surface area contributed by atoms with Gasteiger partial charge in [-0.25, -0.2) is 9.97 Å². The van der Waals surface area contributed by atoms with E-state index in [-0.39, 0.29) is 16.9 Å². The zero-order valence-corrected chi connectivity index (χ0v) is 21.7. The molecule has 0 unspecified atom stereocenters. The molecular weight excluding hydrogens is 502 g/mol. The Hall–Kier alpha value is -5.75. The standard InChI is InChI=1S/C24H18N2O.C7H7N5O/c1-2-21-16-20-10-6-9-19(14-13-18-8-7-15-25-17-18)23(20)24(27)26(21)22-11-4-3-5-12-22;8-5-4(6(9)13)7-10-1-2-12(7)3-11-5/h3-12,15-17H,2H2,1H3;1-3H,8H2,(H2,9,13). The highest BCUT2D eigenvalue weighted by molar-refractivity contribution is 6.02. The second-order valence-electron chi connectivity index (χ2n) is 8.75. The molecule has 4 N–H and O–H groups in total. The number of aromatic nitrogens is 5. The van der Waals surface area contributed by atoms with Crippen LogP contribution in [0.4, 0.5) is 5.82 Å². The van der Waals surface area contributed by atoms with Gasteiger partial charge in [-0.1, -0.05) is 49.1 Å². The summed E-state index contributed by atoms with van der Waals surface area (Å²) in [6.07, 6.45) is 8.89. The monoisotopic (exact) mass is 527 g/mol. The number of nitrogens with two attached hydrogens (primary N) is 2. The number of anilines is 1. The van der Waals surface area contributed by atoms with Gasteiger partial charge in [0, 0.05) is 47.3 Å². The van der Waals surface area contributed by atoms with Gasteiger partial charge in [0.2, 0.25) is 0 Å². The van der Waals surface area contributed by atoms with Crippen molar-refractivity contribution >= 4 is 28.1 Å². The number of para-hydroxylation sites is 1. The number of carbonyl (C=O) groups excluding carboxylic acids is 1. The molecule has 0 saturated carbocycles. The Morgan fingerprint density at radius 3 is 2.52 bits per heavy atom. The number of nitrogens with zero attached hydrogens (tertiary/aromatic N) is 5. The largest absolute Gasteiger partial charge is 0.383 e. The molecule has 196 valence electrons. The molecule has 4 aromatic heterocycles. The molecule has 9 heteroatoms. The van der Waals surface area contributed by atoms with Gasteiger partial charge < -0.3 is 11.5 Å². The minimum atomic E-state index is -0.623. The molecule has 1 amide bonds. The predicted octanol–water partition coefficient (Wildman–Crippen LogP) is 3.76. The first-order valence-corrected chi connectivity index (χ1v) is 12.5. The number of fused-ring (bicyclic) bond motifs is 2. The van der Waals surface area contributed by atoms with Crippen LogP contribution in [0, 0.1) is 11.8 Å². The van der Waals surface area contributed by atoms with Crippen LogP contribution in [0.25, 0.3) is 22.1 Å². The number of amides is 1. The lowest BCUT2D eigenvalue weighted by molar-refractivity contribution is 0.100. The third-order valence-corrected chi connectivity index (χ3v) is 6.22. The zero-order chi connectivity index (χ0) is 28.1. The molecule has 2 aromatic carbocycles. The Labute approximate surface area is 229 Å². The third kappa shape index (κ3) is 5.14. The summed E-state index contributed by atoms with van der Waals surface area (Å²) in [5.41, 5.74) is 14.6. The minimum absolute atomic E-state index is 0.0355. The van der Waals surface area contributed by atoms with Crippen molar-refractivity contribution in [2.75, 3.05) is 5.73 Å². The fourth-order valence-corrected chi connectivity index (χ4v) is 4.36. The highest BCUT2D eigenvalue weighted by atomic mass is 16.1. The molecule has 4 heterocycles. The van der Waals surface area contributed by atoms with Crippen LogP contribution in [0.2, 0.25) is 0 Å². The molecular formula is C31H25N7O2. The summed E-state index contributed by atoms with van der Waals surface area (Å²) in [6.45, 7) is 2.06. The Bertz CT molecular complexity index is 1950. The van der Waals surface area contributed by atoms with Crippen LogP contribution >= 0.6 is 0 Å². The van der Waals surface area contributed by atoms with E-state index in [0.717, 1.165) is 34.3 Å². The lowest BCUT2D eigenvalue weighted by atomic mass is 10.0. The Morgan fingerprint density at radius 1 is 0.975 bits per heavy atom. The van der Waals surface area contributed by atoms with Gasteiger partial charge >= 0.3 is 0 Å². The van der Waals surface area contributed by atoms with E-state index in [0.29, 0.717) is 11.0 Å². The van der Waals surface area contributed by atoms with Crippen LogP contribution in [0.1, 0.15) is 34.1 Å². The van der Waals surface area contributed by atoms with Gasteiger partial charge in [0.25, 0.3) is 11.5 Å². The van der Waals surface area contributed by atoms with Gasteiger partial charge in [0.15, 0.2) is 5.65 Å². The maximum atomic E-state index is 13.4. The van der Waals surface area contributed by atoms with Gasteiger partial charge in [-0.3, -0.25) is 23.5 Å². The van der Waals surface area contributed by atoms with Crippen LogP contribution in [-0.2, 0) is 6.42 Å². The van der Waals surface area contributed by atoms with Gasteiger partial charge in [-0.2, -0.15) is 0 Å². The number of pyridine rings is 2. The van der Waals surface area contributed by atoms with E-state index in [4.69, 9.17) is 11.5 Å². The van der Waals surface area contributed by atoms with Crippen molar-refractivity contribution in [1.29, 1.82) is 0 Å². The number of benzene rings is 2. The number of rotatable bonds is 3. The minimum Gasteiger partial charge on any atom is -0.383 e. The van der Waals surface area contributed by atoms with Crippen LogP contribution in [0.3, 0.4) is 0 Å². The van der Waals surface area contributed by atoms with E-state index in [9.17, 15) is 9.59 Å². The lowest BCUT2D eigenvalue weighted by Gasteiger charge is -2.14. The number of hydrogen-bond acceptors (Lipinski definition) is 6. The fraction of sp³-hybridized carbons (Fsp3) is 0.0645. The topological polar surface area (TPSA) is 134 Å². The molecule has 0 radical (unpaired) electrons. The Kier molecular flexibility index (Phi) is 7.33. The first-order chi connectivity index (χ1) is 19.5. The average molecular weight is 528 g/mol. The molecule has 6 rings (SSSR count). The maximum Gasteiger partial charge on any atom is 0.264 e. The predicted molar refractivity (Wildman–Crippen MR) is 155 cm³/mol. The second kappa shape index (κ2) is 11.3. The number of nitrogen functional groups attached to an aromatic ring is 1. The number of carbonyl (C=O) groups is 1. The molecule has 0 spiro atoms. The van der Waals surface area contributed by atoms with E-state index >= 15 is 0 Å². The molecule has 9 nitrogen and oxygen atoms in total. The van der Waals surface area contributed by atoms with Crippen molar-refractivity contribution in [2.24, 2.45) is 5.73 Å². The zero-order valence-electron chi connectivity index (χ0n) is 21.7. The summed E-state index contributed by atoms with van der Waals surface area (Å²) in [6, 6.07) is 21.4. The number of imidazole rings is 1. The normalized spacial score (nSPS) is 10.4. The molecule has 0 bridgehead atoms. The van der Waals surface area contributed by atoms with E-state index < -0.39 is 5.91 Å². The number of hydrogen-bond donors (Lipinski definition) is 2. The van der Waals surface area contributed by atoms with Crippen molar-refractivity contribution < 1.29 is 4.79 Å². The van der Waals surface area contributed by atoms with Gasteiger partial charge in [-0.15, -0.1) is 0 Å². The lowest BCUT2D eigenvalue weighted by Crippen LogP contribution is -2.22. The smallest absolute Gasteiger partial charge is 0.264 e. The number of primary amides is 1. The molecule has 0 saturated heterocycles. The van der Waals surface area contributed by atoms with Crippen LogP contribution < -0.4 is 17.0 Å². The summed E-state index contributed by atoms with van der Waals surface area (Å²) < 4.78 is 3.37. The second-order valence-corrected chi connectivity index (χ2v) is 8.75. The molecule has 0 aliphatic heterocycles. The fourth-order valence-electron chi connectivity index (χ4n) is 4.36. The third-order valence-electron chi connectivity index (χ3n) is 6.22. The summed E-state index contributed by atoms with van der Waals surface area (Å²) in [7, 11) is 0. The van der Waals surface area contributed by atoms with Gasteiger partial charge in [0.05, 0.1) is 5.39 Å². The highest BCUT2D eigenvalue weighted by Gasteiger charge is 2.14.